The molecule has 4 nitrogen and oxygen atoms in total. The van der Waals surface area contributed by atoms with Crippen molar-refractivity contribution < 1.29 is 14.4 Å². The summed E-state index contributed by atoms with van der Waals surface area (Å²) in [7, 11) is -1.53. The maximum absolute atomic E-state index is 13.5. The molecule has 0 aliphatic carbocycles. The molecule has 164 valence electrons. The summed E-state index contributed by atoms with van der Waals surface area (Å²) in [5, 5.41) is 18.8. The van der Waals surface area contributed by atoms with Gasteiger partial charge in [0.25, 0.3) is 0 Å². The predicted molar refractivity (Wildman–Crippen MR) is 134 cm³/mol. The molecule has 0 saturated heterocycles. The molecule has 34 heavy (non-hydrogen) atoms. The standard InChI is InChI=1S/C28H20BFN2O2/c30-25-16-12-22(13-17-25)27-18-26(21-10-14-24(15-11-21)29(33)34)31-28(32-27)23-8-6-20(7-9-23)19-4-2-1-3-5-19/h1-18,33-34H. The van der Waals surface area contributed by atoms with Crippen molar-refractivity contribution in [2.75, 3.05) is 0 Å². The molecule has 0 fully saturated rings. The van der Waals surface area contributed by atoms with Crippen LogP contribution in [0.2, 0.25) is 0 Å². The number of aromatic nitrogens is 2. The van der Waals surface area contributed by atoms with Crippen molar-refractivity contribution in [3.05, 3.63) is 115 Å². The number of rotatable bonds is 5. The largest absolute Gasteiger partial charge is 0.488 e. The Morgan fingerprint density at radius 3 is 1.56 bits per heavy atom. The first-order chi connectivity index (χ1) is 16.6. The third-order valence-electron chi connectivity index (χ3n) is 5.62. The third kappa shape index (κ3) is 4.64. The van der Waals surface area contributed by atoms with E-state index >= 15 is 0 Å². The first kappa shape index (κ1) is 21.7. The van der Waals surface area contributed by atoms with Gasteiger partial charge in [0.2, 0.25) is 0 Å². The zero-order valence-corrected chi connectivity index (χ0v) is 18.1. The summed E-state index contributed by atoms with van der Waals surface area (Å²) in [6.07, 6.45) is 0. The van der Waals surface area contributed by atoms with Gasteiger partial charge in [-0.1, -0.05) is 78.9 Å². The van der Waals surface area contributed by atoms with Crippen LogP contribution in [-0.2, 0) is 0 Å². The Labute approximate surface area is 197 Å². The van der Waals surface area contributed by atoms with Crippen molar-refractivity contribution >= 4 is 12.6 Å². The van der Waals surface area contributed by atoms with Gasteiger partial charge in [-0.15, -0.1) is 0 Å². The number of benzene rings is 4. The van der Waals surface area contributed by atoms with E-state index in [2.05, 4.69) is 12.1 Å². The number of hydrogen-bond donors (Lipinski definition) is 2. The average molecular weight is 446 g/mol. The van der Waals surface area contributed by atoms with E-state index in [-0.39, 0.29) is 5.82 Å². The van der Waals surface area contributed by atoms with Gasteiger partial charge in [0.1, 0.15) is 5.82 Å². The lowest BCUT2D eigenvalue weighted by atomic mass is 9.80. The fourth-order valence-corrected chi connectivity index (χ4v) is 3.76. The van der Waals surface area contributed by atoms with Crippen molar-refractivity contribution in [3.63, 3.8) is 0 Å². The molecule has 0 saturated carbocycles. The van der Waals surface area contributed by atoms with Crippen molar-refractivity contribution in [2.45, 2.75) is 0 Å². The lowest BCUT2D eigenvalue weighted by molar-refractivity contribution is 0.426. The van der Waals surface area contributed by atoms with Crippen LogP contribution in [0.3, 0.4) is 0 Å². The molecule has 0 spiro atoms. The van der Waals surface area contributed by atoms with E-state index in [4.69, 9.17) is 9.97 Å². The molecule has 5 rings (SSSR count). The van der Waals surface area contributed by atoms with E-state index in [1.54, 1.807) is 36.4 Å². The van der Waals surface area contributed by atoms with Crippen molar-refractivity contribution in [1.82, 2.24) is 9.97 Å². The molecular formula is C28H20BFN2O2. The highest BCUT2D eigenvalue weighted by Gasteiger charge is 2.13. The predicted octanol–water partition coefficient (Wildman–Crippen LogP) is 4.96. The Balaban J connectivity index is 1.59. The van der Waals surface area contributed by atoms with E-state index < -0.39 is 7.12 Å². The normalized spacial score (nSPS) is 10.8. The highest BCUT2D eigenvalue weighted by molar-refractivity contribution is 6.58. The van der Waals surface area contributed by atoms with E-state index in [1.165, 1.54) is 12.1 Å². The molecule has 0 aliphatic rings. The Kier molecular flexibility index (Phi) is 6.00. The Bertz CT molecular complexity index is 1410. The SMILES string of the molecule is OB(O)c1ccc(-c2cc(-c3ccc(F)cc3)nc(-c3ccc(-c4ccccc4)cc3)n2)cc1. The van der Waals surface area contributed by atoms with Crippen LogP contribution in [0.5, 0.6) is 0 Å². The average Bonchev–Trinajstić information content (AvgIpc) is 2.89. The molecule has 2 N–H and O–H groups in total. The second-order valence-corrected chi connectivity index (χ2v) is 7.91. The molecule has 6 heteroatoms. The topological polar surface area (TPSA) is 66.2 Å². The minimum atomic E-state index is -1.53. The number of hydrogen-bond acceptors (Lipinski definition) is 4. The van der Waals surface area contributed by atoms with Crippen LogP contribution >= 0.6 is 0 Å². The van der Waals surface area contributed by atoms with Gasteiger partial charge in [-0.25, -0.2) is 14.4 Å². The van der Waals surface area contributed by atoms with Gasteiger partial charge in [-0.2, -0.15) is 0 Å². The van der Waals surface area contributed by atoms with E-state index in [0.717, 1.165) is 27.8 Å². The molecule has 4 aromatic carbocycles. The third-order valence-corrected chi connectivity index (χ3v) is 5.62. The zero-order chi connectivity index (χ0) is 23.5. The van der Waals surface area contributed by atoms with Crippen LogP contribution in [0.15, 0.2) is 109 Å². The van der Waals surface area contributed by atoms with Crippen molar-refractivity contribution in [2.24, 2.45) is 0 Å². The van der Waals surface area contributed by atoms with Crippen molar-refractivity contribution in [3.8, 4) is 45.0 Å². The monoisotopic (exact) mass is 446 g/mol. The molecular weight excluding hydrogens is 426 g/mol. The van der Waals surface area contributed by atoms with E-state index in [0.29, 0.717) is 22.7 Å². The van der Waals surface area contributed by atoms with Gasteiger partial charge >= 0.3 is 7.12 Å². The molecule has 0 bridgehead atoms. The fourth-order valence-electron chi connectivity index (χ4n) is 3.76. The summed E-state index contributed by atoms with van der Waals surface area (Å²) in [6.45, 7) is 0. The molecule has 0 aliphatic heterocycles. The first-order valence-corrected chi connectivity index (χ1v) is 10.8. The molecule has 5 aromatic rings. The van der Waals surface area contributed by atoms with Crippen LogP contribution in [0.25, 0.3) is 45.0 Å². The van der Waals surface area contributed by atoms with Crippen LogP contribution in [0.4, 0.5) is 4.39 Å². The van der Waals surface area contributed by atoms with Gasteiger partial charge in [-0.3, -0.25) is 0 Å². The summed E-state index contributed by atoms with van der Waals surface area (Å²) in [4.78, 5) is 9.55. The molecule has 1 heterocycles. The van der Waals surface area contributed by atoms with Crippen LogP contribution in [0, 0.1) is 5.82 Å². The maximum Gasteiger partial charge on any atom is 0.488 e. The van der Waals surface area contributed by atoms with Crippen molar-refractivity contribution in [1.29, 1.82) is 0 Å². The van der Waals surface area contributed by atoms with Gasteiger partial charge in [0.05, 0.1) is 11.4 Å². The van der Waals surface area contributed by atoms with Gasteiger partial charge in [0, 0.05) is 16.7 Å². The minimum absolute atomic E-state index is 0.312. The maximum atomic E-state index is 13.5. The summed E-state index contributed by atoms with van der Waals surface area (Å²) < 4.78 is 13.5. The summed E-state index contributed by atoms with van der Waals surface area (Å²) >= 11 is 0. The Morgan fingerprint density at radius 1 is 0.529 bits per heavy atom. The number of nitrogens with zero attached hydrogens (tertiary/aromatic N) is 2. The summed E-state index contributed by atoms with van der Waals surface area (Å²) in [5.41, 5.74) is 6.39. The van der Waals surface area contributed by atoms with Crippen LogP contribution in [-0.4, -0.2) is 27.1 Å². The summed E-state index contributed by atoms with van der Waals surface area (Å²) in [5.74, 6) is 0.232. The lowest BCUT2D eigenvalue weighted by Crippen LogP contribution is -2.29. The summed E-state index contributed by atoms with van der Waals surface area (Å²) in [6, 6.07) is 33.1. The van der Waals surface area contributed by atoms with Gasteiger partial charge < -0.3 is 10.0 Å². The molecule has 0 atom stereocenters. The highest BCUT2D eigenvalue weighted by atomic mass is 19.1. The molecule has 0 amide bonds. The second kappa shape index (κ2) is 9.39. The van der Waals surface area contributed by atoms with Gasteiger partial charge in [0.15, 0.2) is 5.82 Å². The fraction of sp³-hybridized carbons (Fsp3) is 0. The smallest absolute Gasteiger partial charge is 0.423 e. The second-order valence-electron chi connectivity index (χ2n) is 7.91. The minimum Gasteiger partial charge on any atom is -0.423 e. The van der Waals surface area contributed by atoms with E-state index in [9.17, 15) is 14.4 Å². The zero-order valence-electron chi connectivity index (χ0n) is 18.1. The molecule has 0 radical (unpaired) electrons. The van der Waals surface area contributed by atoms with Gasteiger partial charge in [-0.05, 0) is 46.9 Å². The quantitative estimate of drug-likeness (QED) is 0.375. The number of halogens is 1. The highest BCUT2D eigenvalue weighted by Crippen LogP contribution is 2.29. The Morgan fingerprint density at radius 2 is 1.00 bits per heavy atom. The van der Waals surface area contributed by atoms with E-state index in [1.807, 2.05) is 48.5 Å². The molecule has 0 unspecified atom stereocenters. The first-order valence-electron chi connectivity index (χ1n) is 10.8. The van der Waals surface area contributed by atoms with Crippen LogP contribution < -0.4 is 5.46 Å². The van der Waals surface area contributed by atoms with Crippen LogP contribution in [0.1, 0.15) is 0 Å². The molecule has 1 aromatic heterocycles. The Hall–Kier alpha value is -4.13. The lowest BCUT2D eigenvalue weighted by Gasteiger charge is -2.10.